The van der Waals surface area contributed by atoms with Crippen LogP contribution in [0.4, 0.5) is 0 Å². The second kappa shape index (κ2) is 8.64. The second-order valence-electron chi connectivity index (χ2n) is 5.19. The molecule has 2 aromatic carbocycles. The third-order valence-corrected chi connectivity index (χ3v) is 3.77. The molecule has 0 spiro atoms. The highest BCUT2D eigenvalue weighted by Gasteiger charge is 2.12. The number of rotatable bonds is 7. The molecule has 0 saturated carbocycles. The lowest BCUT2D eigenvalue weighted by atomic mass is 10.2. The van der Waals surface area contributed by atoms with Gasteiger partial charge in [0.2, 0.25) is 0 Å². The van der Waals surface area contributed by atoms with E-state index in [1.54, 1.807) is 0 Å². The van der Waals surface area contributed by atoms with E-state index in [0.29, 0.717) is 22.6 Å². The summed E-state index contributed by atoms with van der Waals surface area (Å²) >= 11 is 10.8. The van der Waals surface area contributed by atoms with E-state index in [0.717, 1.165) is 0 Å². The number of nitrogens with zero attached hydrogens (tertiary/aromatic N) is 3. The minimum atomic E-state index is -0.578. The minimum absolute atomic E-state index is 0.0277. The van der Waals surface area contributed by atoms with Crippen LogP contribution >= 0.6 is 23.2 Å². The molecule has 3 rings (SSSR count). The minimum Gasteiger partial charge on any atom is -0.467 e. The van der Waals surface area contributed by atoms with Gasteiger partial charge in [0.1, 0.15) is 11.5 Å². The van der Waals surface area contributed by atoms with Gasteiger partial charge in [0, 0.05) is 11.1 Å². The maximum atomic E-state index is 11.1. The molecule has 8 nitrogen and oxygen atoms in total. The zero-order valence-corrected chi connectivity index (χ0v) is 15.8. The van der Waals surface area contributed by atoms with Crippen LogP contribution < -0.4 is 14.2 Å². The van der Waals surface area contributed by atoms with Gasteiger partial charge in [0.15, 0.2) is 0 Å². The number of hydrogen-bond acceptors (Lipinski definition) is 8. The standard InChI is InChI=1S/C18H11Cl2N3O5/c1-26-16-21-17(27-12-6-2-10(3-7-12)14(19)24)23-18(22-16)28-13-8-4-11(5-9-13)15(20)25/h2-9H,1H3. The van der Waals surface area contributed by atoms with Gasteiger partial charge in [-0.1, -0.05) is 0 Å². The largest absolute Gasteiger partial charge is 0.467 e. The van der Waals surface area contributed by atoms with E-state index >= 15 is 0 Å². The molecular formula is C18H11Cl2N3O5. The summed E-state index contributed by atoms with van der Waals surface area (Å²) in [6.07, 6.45) is 0. The van der Waals surface area contributed by atoms with Gasteiger partial charge in [0.25, 0.3) is 10.5 Å². The number of carbonyl (C=O) groups excluding carboxylic acids is 2. The Morgan fingerprint density at radius 3 is 1.36 bits per heavy atom. The van der Waals surface area contributed by atoms with Gasteiger partial charge in [-0.2, -0.15) is 0 Å². The first kappa shape index (κ1) is 19.5. The number of ether oxygens (including phenoxy) is 3. The molecule has 0 saturated heterocycles. The molecule has 0 amide bonds. The van der Waals surface area contributed by atoms with Crippen LogP contribution in [0.1, 0.15) is 20.7 Å². The zero-order valence-electron chi connectivity index (χ0n) is 14.3. The summed E-state index contributed by atoms with van der Waals surface area (Å²) in [4.78, 5) is 34.2. The summed E-state index contributed by atoms with van der Waals surface area (Å²) in [5, 5.41) is -1.16. The highest BCUT2D eigenvalue weighted by atomic mass is 35.5. The maximum Gasteiger partial charge on any atom is 0.331 e. The van der Waals surface area contributed by atoms with E-state index < -0.39 is 10.5 Å². The van der Waals surface area contributed by atoms with Gasteiger partial charge in [-0.15, -0.1) is 15.0 Å². The van der Waals surface area contributed by atoms with Crippen LogP contribution in [0, 0.1) is 0 Å². The van der Waals surface area contributed by atoms with Crippen molar-refractivity contribution >= 4 is 33.7 Å². The molecule has 3 aromatic rings. The van der Waals surface area contributed by atoms with Gasteiger partial charge in [-0.05, 0) is 71.7 Å². The topological polar surface area (TPSA) is 101 Å². The van der Waals surface area contributed by atoms with Crippen LogP contribution in [0.25, 0.3) is 0 Å². The molecule has 142 valence electrons. The molecule has 0 aliphatic carbocycles. The van der Waals surface area contributed by atoms with Crippen LogP contribution in [-0.4, -0.2) is 32.5 Å². The molecule has 0 radical (unpaired) electrons. The lowest BCUT2D eigenvalue weighted by Gasteiger charge is -2.08. The Balaban J connectivity index is 1.81. The normalized spacial score (nSPS) is 10.2. The van der Waals surface area contributed by atoms with Crippen molar-refractivity contribution in [2.24, 2.45) is 0 Å². The van der Waals surface area contributed by atoms with Crippen molar-refractivity contribution in [2.45, 2.75) is 0 Å². The predicted molar refractivity (Wildman–Crippen MR) is 99.8 cm³/mol. The van der Waals surface area contributed by atoms with Crippen molar-refractivity contribution < 1.29 is 23.8 Å². The predicted octanol–water partition coefficient (Wildman–Crippen LogP) is 4.22. The summed E-state index contributed by atoms with van der Waals surface area (Å²) in [7, 11) is 1.38. The van der Waals surface area contributed by atoms with Crippen molar-refractivity contribution in [3.8, 4) is 29.5 Å². The number of methoxy groups -OCH3 is 1. The third kappa shape index (κ3) is 4.93. The number of halogens is 2. The van der Waals surface area contributed by atoms with Crippen molar-refractivity contribution in [1.29, 1.82) is 0 Å². The fourth-order valence-electron chi connectivity index (χ4n) is 2.02. The van der Waals surface area contributed by atoms with E-state index in [-0.39, 0.29) is 18.0 Å². The highest BCUT2D eigenvalue weighted by molar-refractivity contribution is 6.68. The van der Waals surface area contributed by atoms with E-state index in [2.05, 4.69) is 15.0 Å². The van der Waals surface area contributed by atoms with E-state index in [1.807, 2.05) is 0 Å². The van der Waals surface area contributed by atoms with Crippen LogP contribution in [0.5, 0.6) is 29.5 Å². The van der Waals surface area contributed by atoms with Crippen molar-refractivity contribution in [1.82, 2.24) is 15.0 Å². The van der Waals surface area contributed by atoms with Crippen molar-refractivity contribution in [2.75, 3.05) is 7.11 Å². The summed E-state index contributed by atoms with van der Waals surface area (Å²) < 4.78 is 16.1. The molecular weight excluding hydrogens is 409 g/mol. The Morgan fingerprint density at radius 1 is 0.679 bits per heavy atom. The first-order chi connectivity index (χ1) is 13.4. The Kier molecular flexibility index (Phi) is 6.03. The average Bonchev–Trinajstić information content (AvgIpc) is 2.68. The first-order valence-electron chi connectivity index (χ1n) is 7.70. The molecule has 0 atom stereocenters. The van der Waals surface area contributed by atoms with E-state index in [1.165, 1.54) is 55.6 Å². The van der Waals surface area contributed by atoms with Gasteiger partial charge >= 0.3 is 18.0 Å². The lowest BCUT2D eigenvalue weighted by Crippen LogP contribution is -2.01. The summed E-state index contributed by atoms with van der Waals surface area (Å²) in [6.45, 7) is 0. The number of aromatic nitrogens is 3. The van der Waals surface area contributed by atoms with E-state index in [9.17, 15) is 9.59 Å². The SMILES string of the molecule is COc1nc(Oc2ccc(C(=O)Cl)cc2)nc(Oc2ccc(C(=O)Cl)cc2)n1. The summed E-state index contributed by atoms with van der Waals surface area (Å²) in [6, 6.07) is 11.9. The van der Waals surface area contributed by atoms with Crippen LogP contribution in [0.15, 0.2) is 48.5 Å². The maximum absolute atomic E-state index is 11.1. The molecule has 10 heteroatoms. The third-order valence-electron chi connectivity index (χ3n) is 3.34. The lowest BCUT2D eigenvalue weighted by molar-refractivity contribution is 0.107. The van der Waals surface area contributed by atoms with Gasteiger partial charge in [0.05, 0.1) is 7.11 Å². The Labute approximate surface area is 169 Å². The molecule has 0 aliphatic rings. The number of hydrogen-bond donors (Lipinski definition) is 0. The van der Waals surface area contributed by atoms with E-state index in [4.69, 9.17) is 37.4 Å². The Hall–Kier alpha value is -3.23. The quantitative estimate of drug-likeness (QED) is 0.524. The smallest absolute Gasteiger partial charge is 0.331 e. The fraction of sp³-hybridized carbons (Fsp3) is 0.0556. The average molecular weight is 420 g/mol. The molecule has 28 heavy (non-hydrogen) atoms. The first-order valence-corrected chi connectivity index (χ1v) is 8.46. The Bertz CT molecular complexity index is 933. The number of carbonyl (C=O) groups is 2. The molecule has 0 aliphatic heterocycles. The Morgan fingerprint density at radius 2 is 1.04 bits per heavy atom. The van der Waals surface area contributed by atoms with Gasteiger partial charge < -0.3 is 14.2 Å². The van der Waals surface area contributed by atoms with Crippen LogP contribution in [0.3, 0.4) is 0 Å². The van der Waals surface area contributed by atoms with Gasteiger partial charge in [-0.25, -0.2) is 0 Å². The van der Waals surface area contributed by atoms with Crippen molar-refractivity contribution in [3.63, 3.8) is 0 Å². The molecule has 0 N–H and O–H groups in total. The van der Waals surface area contributed by atoms with Crippen molar-refractivity contribution in [3.05, 3.63) is 59.7 Å². The molecule has 0 unspecified atom stereocenters. The zero-order chi connectivity index (χ0) is 20.1. The van der Waals surface area contributed by atoms with Crippen LogP contribution in [-0.2, 0) is 0 Å². The number of benzene rings is 2. The second-order valence-corrected chi connectivity index (χ2v) is 5.87. The molecule has 1 aromatic heterocycles. The fourth-order valence-corrected chi connectivity index (χ4v) is 2.27. The summed E-state index contributed by atoms with van der Waals surface area (Å²) in [5.74, 6) is 0.733. The van der Waals surface area contributed by atoms with Gasteiger partial charge in [-0.3, -0.25) is 9.59 Å². The highest BCUT2D eigenvalue weighted by Crippen LogP contribution is 2.25. The molecule has 1 heterocycles. The summed E-state index contributed by atoms with van der Waals surface area (Å²) in [5.41, 5.74) is 0.648. The van der Waals surface area contributed by atoms with Crippen LogP contribution in [0.2, 0.25) is 0 Å². The molecule has 0 fully saturated rings. The molecule has 0 bridgehead atoms. The monoisotopic (exact) mass is 419 g/mol.